The Morgan fingerprint density at radius 1 is 0.326 bits per heavy atom. The van der Waals surface area contributed by atoms with Gasteiger partial charge in [0.05, 0.1) is 66.1 Å². The zero-order valence-electron chi connectivity index (χ0n) is 51.0. The standard InChI is InChI=1S/C74H79N3O15/c75-77-76-61-66(83-44-53-29-13-3-14-30-53)65(91-74-72(88-49-58-39-23-8-24-40-58)69(85-46-55-33-17-5-18-34-55)64(59(41-78)89-74)82-43-52-27-11-2-12-28-52)60(50-81-42-51-25-9-1-10-26-51)90-73(61)92-68-63(80)62(79)67(84-45-54-31-15-4-16-32-54)70(86-47-56-35-19-6-20-36-56)71(68)87-48-57-37-21-7-22-38-57/h1-40,59-74,78-80H,41-50H2/t59-,60-,61-,62+,63-,64-,65-,66-,67+,68+,69+,70-,71-,72+,73-,74-/m1/s1. The molecule has 0 spiro atoms. The Kier molecular flexibility index (Phi) is 24.7. The van der Waals surface area contributed by atoms with E-state index in [0.717, 1.165) is 44.5 Å². The molecule has 16 atom stereocenters. The summed E-state index contributed by atoms with van der Waals surface area (Å²) >= 11 is 0. The van der Waals surface area contributed by atoms with Crippen LogP contribution in [0.15, 0.2) is 248 Å². The molecule has 11 rings (SSSR count). The van der Waals surface area contributed by atoms with Crippen molar-refractivity contribution in [3.05, 3.63) is 298 Å². The van der Waals surface area contributed by atoms with Gasteiger partial charge in [-0.25, -0.2) is 0 Å². The van der Waals surface area contributed by atoms with E-state index < -0.39 is 105 Å². The topological polar surface area (TPSA) is 220 Å². The van der Waals surface area contributed by atoms with Gasteiger partial charge in [0.15, 0.2) is 12.6 Å². The van der Waals surface area contributed by atoms with Crippen molar-refractivity contribution in [2.45, 2.75) is 151 Å². The maximum absolute atomic E-state index is 12.7. The van der Waals surface area contributed by atoms with E-state index in [9.17, 15) is 20.9 Å². The summed E-state index contributed by atoms with van der Waals surface area (Å²) in [6, 6.07) is 75.3. The van der Waals surface area contributed by atoms with Gasteiger partial charge in [-0.2, -0.15) is 0 Å². The highest BCUT2D eigenvalue weighted by molar-refractivity contribution is 5.20. The first-order chi connectivity index (χ1) is 45.4. The van der Waals surface area contributed by atoms with Crippen molar-refractivity contribution >= 4 is 0 Å². The smallest absolute Gasteiger partial charge is 0.187 e. The molecule has 480 valence electrons. The average Bonchev–Trinajstić information content (AvgIpc) is 0.856. The zero-order valence-corrected chi connectivity index (χ0v) is 51.0. The fourth-order valence-corrected chi connectivity index (χ4v) is 11.8. The molecular weight excluding hydrogens is 1170 g/mol. The molecule has 0 bridgehead atoms. The summed E-state index contributed by atoms with van der Waals surface area (Å²) in [6.07, 6.45) is -18.8. The Bertz CT molecular complexity index is 3410. The van der Waals surface area contributed by atoms with Crippen LogP contribution in [0.2, 0.25) is 0 Å². The van der Waals surface area contributed by atoms with Crippen LogP contribution in [0.5, 0.6) is 0 Å². The number of aliphatic hydroxyl groups is 3. The Hall–Kier alpha value is -7.53. The van der Waals surface area contributed by atoms with Crippen molar-refractivity contribution < 1.29 is 72.2 Å². The van der Waals surface area contributed by atoms with Gasteiger partial charge >= 0.3 is 0 Å². The fraction of sp³-hybridized carbons (Fsp3) is 0.351. The number of rotatable bonds is 31. The molecule has 0 amide bonds. The number of nitrogens with zero attached hydrogens (tertiary/aromatic N) is 3. The molecule has 1 aliphatic carbocycles. The fourth-order valence-electron chi connectivity index (χ4n) is 11.8. The van der Waals surface area contributed by atoms with Crippen molar-refractivity contribution in [2.24, 2.45) is 5.11 Å². The number of benzene rings is 8. The monoisotopic (exact) mass is 1250 g/mol. The van der Waals surface area contributed by atoms with Crippen molar-refractivity contribution in [1.82, 2.24) is 0 Å². The van der Waals surface area contributed by atoms with E-state index in [4.69, 9.17) is 56.8 Å². The molecule has 92 heavy (non-hydrogen) atoms. The van der Waals surface area contributed by atoms with Crippen LogP contribution >= 0.6 is 0 Å². The van der Waals surface area contributed by atoms with Gasteiger partial charge in [-0.1, -0.05) is 248 Å². The van der Waals surface area contributed by atoms with Gasteiger partial charge in [-0.3, -0.25) is 0 Å². The van der Waals surface area contributed by atoms with Gasteiger partial charge in [0.2, 0.25) is 0 Å². The quantitative estimate of drug-likeness (QED) is 0.0209. The molecule has 3 N–H and O–H groups in total. The van der Waals surface area contributed by atoms with Crippen LogP contribution in [-0.4, -0.2) is 127 Å². The lowest BCUT2D eigenvalue weighted by atomic mass is 9.83. The summed E-state index contributed by atoms with van der Waals surface area (Å²) in [4.78, 5) is 3.40. The number of hydrogen-bond donors (Lipinski definition) is 3. The van der Waals surface area contributed by atoms with Crippen LogP contribution in [0.3, 0.4) is 0 Å². The van der Waals surface area contributed by atoms with Crippen LogP contribution < -0.4 is 0 Å². The van der Waals surface area contributed by atoms with Gasteiger partial charge in [0.1, 0.15) is 85.4 Å². The minimum absolute atomic E-state index is 0.0204. The lowest BCUT2D eigenvalue weighted by Gasteiger charge is -2.51. The predicted octanol–water partition coefficient (Wildman–Crippen LogP) is 10.9. The third-order valence-electron chi connectivity index (χ3n) is 16.5. The van der Waals surface area contributed by atoms with Gasteiger partial charge in [-0.15, -0.1) is 0 Å². The van der Waals surface area contributed by atoms with Gasteiger partial charge < -0.3 is 72.2 Å². The summed E-state index contributed by atoms with van der Waals surface area (Å²) in [5.41, 5.74) is 17.5. The first-order valence-corrected chi connectivity index (χ1v) is 31.2. The SMILES string of the molecule is [N-]=[N+]=N[C@H]1[C@@H](O[C@H]2[C@H](O)[C@H](O)[C@H](OCc3ccccc3)[C@@H](OCc3ccccc3)[C@@H]2OCc2ccccc2)O[C@H](COCc2ccccc2)[C@@H](O[C@H]2O[C@H](CO)[C@@H](OCc3ccccc3)[C@H](OCc3ccccc3)[C@@H]2OCc2ccccc2)[C@@H]1OCc1ccccc1. The molecule has 2 heterocycles. The predicted molar refractivity (Wildman–Crippen MR) is 340 cm³/mol. The van der Waals surface area contributed by atoms with E-state index in [-0.39, 0.29) is 59.5 Å². The second-order valence-corrected chi connectivity index (χ2v) is 23.0. The Balaban J connectivity index is 0.986. The maximum Gasteiger partial charge on any atom is 0.187 e. The molecule has 3 aliphatic rings. The van der Waals surface area contributed by atoms with E-state index in [0.29, 0.717) is 0 Å². The molecule has 2 saturated heterocycles. The third kappa shape index (κ3) is 18.0. The molecule has 3 fully saturated rings. The van der Waals surface area contributed by atoms with E-state index in [1.165, 1.54) is 0 Å². The van der Waals surface area contributed by atoms with Crippen molar-refractivity contribution in [1.29, 1.82) is 0 Å². The lowest BCUT2D eigenvalue weighted by molar-refractivity contribution is -0.372. The summed E-state index contributed by atoms with van der Waals surface area (Å²) < 4.78 is 83.2. The summed E-state index contributed by atoms with van der Waals surface area (Å²) in [5.74, 6) is 0. The Morgan fingerprint density at radius 3 is 1.00 bits per heavy atom. The van der Waals surface area contributed by atoms with Crippen LogP contribution in [-0.2, 0) is 110 Å². The molecule has 8 aromatic rings. The molecule has 8 aromatic carbocycles. The second-order valence-electron chi connectivity index (χ2n) is 23.0. The molecular formula is C74H79N3O15. The van der Waals surface area contributed by atoms with Crippen molar-refractivity contribution in [2.75, 3.05) is 13.2 Å². The average molecular weight is 1250 g/mol. The molecule has 18 nitrogen and oxygen atoms in total. The van der Waals surface area contributed by atoms with Crippen molar-refractivity contribution in [3.63, 3.8) is 0 Å². The highest BCUT2D eigenvalue weighted by Gasteiger charge is 2.58. The largest absolute Gasteiger partial charge is 0.394 e. The van der Waals surface area contributed by atoms with E-state index in [1.807, 2.05) is 243 Å². The minimum atomic E-state index is -1.72. The zero-order chi connectivity index (χ0) is 63.1. The van der Waals surface area contributed by atoms with Gasteiger partial charge in [0.25, 0.3) is 0 Å². The minimum Gasteiger partial charge on any atom is -0.394 e. The molecule has 1 saturated carbocycles. The van der Waals surface area contributed by atoms with Crippen LogP contribution in [0.1, 0.15) is 44.5 Å². The summed E-state index contributed by atoms with van der Waals surface area (Å²) in [7, 11) is 0. The highest BCUT2D eigenvalue weighted by atomic mass is 16.8. The van der Waals surface area contributed by atoms with Crippen molar-refractivity contribution in [3.8, 4) is 0 Å². The van der Waals surface area contributed by atoms with Crippen LogP contribution in [0.4, 0.5) is 0 Å². The summed E-state index contributed by atoms with van der Waals surface area (Å²) in [6.45, 7) is -0.0133. The number of aliphatic hydroxyl groups excluding tert-OH is 3. The molecule has 18 heteroatoms. The number of ether oxygens (including phenoxy) is 12. The van der Waals surface area contributed by atoms with E-state index >= 15 is 0 Å². The lowest BCUT2D eigenvalue weighted by Crippen LogP contribution is -2.69. The first kappa shape index (κ1) is 65.9. The first-order valence-electron chi connectivity index (χ1n) is 31.2. The van der Waals surface area contributed by atoms with Gasteiger partial charge in [0, 0.05) is 4.91 Å². The number of hydrogen-bond acceptors (Lipinski definition) is 16. The Labute approximate surface area is 536 Å². The molecule has 0 aromatic heterocycles. The van der Waals surface area contributed by atoms with E-state index in [2.05, 4.69) is 10.0 Å². The third-order valence-corrected chi connectivity index (χ3v) is 16.5. The van der Waals surface area contributed by atoms with Gasteiger partial charge in [-0.05, 0) is 50.0 Å². The maximum atomic E-state index is 12.7. The second kappa shape index (κ2) is 34.4. The van der Waals surface area contributed by atoms with Crippen LogP contribution in [0.25, 0.3) is 10.4 Å². The van der Waals surface area contributed by atoms with Crippen LogP contribution in [0, 0.1) is 0 Å². The summed E-state index contributed by atoms with van der Waals surface area (Å²) in [5, 5.41) is 41.1. The normalized spacial score (nSPS) is 27.2. The molecule has 0 unspecified atom stereocenters. The molecule has 2 aliphatic heterocycles. The number of azide groups is 1. The van der Waals surface area contributed by atoms with E-state index in [1.54, 1.807) is 0 Å². The Morgan fingerprint density at radius 2 is 0.620 bits per heavy atom. The highest BCUT2D eigenvalue weighted by Crippen LogP contribution is 2.40. The molecule has 0 radical (unpaired) electrons.